The minimum Gasteiger partial charge on any atom is -0.356 e. The summed E-state index contributed by atoms with van der Waals surface area (Å²) in [6.45, 7) is 3.26. The van der Waals surface area contributed by atoms with Gasteiger partial charge >= 0.3 is 0 Å². The molecule has 0 radical (unpaired) electrons. The van der Waals surface area contributed by atoms with Crippen molar-refractivity contribution in [1.82, 2.24) is 10.6 Å². The summed E-state index contributed by atoms with van der Waals surface area (Å²) in [4.78, 5) is 4.20. The van der Waals surface area contributed by atoms with Gasteiger partial charge in [0.15, 0.2) is 15.8 Å². The number of nitrogens with one attached hydrogen (secondary N) is 2. The number of halogens is 1. The first-order chi connectivity index (χ1) is 9.48. The van der Waals surface area contributed by atoms with Gasteiger partial charge in [0.25, 0.3) is 0 Å². The lowest BCUT2D eigenvalue weighted by molar-refractivity contribution is 0.282. The van der Waals surface area contributed by atoms with Crippen molar-refractivity contribution < 1.29 is 8.42 Å². The molecule has 0 aromatic carbocycles. The lowest BCUT2D eigenvalue weighted by Gasteiger charge is -2.27. The molecule has 2 fully saturated rings. The first kappa shape index (κ1) is 19.0. The topological polar surface area (TPSA) is 70.6 Å². The van der Waals surface area contributed by atoms with Crippen molar-refractivity contribution in [3.63, 3.8) is 0 Å². The number of rotatable bonds is 3. The Labute approximate surface area is 145 Å². The number of hydrogen-bond donors (Lipinski definition) is 2. The molecule has 3 unspecified atom stereocenters. The van der Waals surface area contributed by atoms with Crippen molar-refractivity contribution in [3.8, 4) is 0 Å². The Morgan fingerprint density at radius 3 is 2.62 bits per heavy atom. The summed E-state index contributed by atoms with van der Waals surface area (Å²) >= 11 is 0. The molecule has 7 heteroatoms. The quantitative estimate of drug-likeness (QED) is 0.408. The Morgan fingerprint density at radius 1 is 1.29 bits per heavy atom. The van der Waals surface area contributed by atoms with Gasteiger partial charge in [0.1, 0.15) is 0 Å². The van der Waals surface area contributed by atoms with Crippen molar-refractivity contribution >= 4 is 39.8 Å². The molecule has 2 aliphatic rings. The first-order valence-corrected chi connectivity index (χ1v) is 9.48. The van der Waals surface area contributed by atoms with Crippen LogP contribution >= 0.6 is 24.0 Å². The van der Waals surface area contributed by atoms with Crippen molar-refractivity contribution in [2.24, 2.45) is 16.8 Å². The Morgan fingerprint density at radius 2 is 2.05 bits per heavy atom. The lowest BCUT2D eigenvalue weighted by Crippen LogP contribution is -2.45. The highest BCUT2D eigenvalue weighted by atomic mass is 127. The number of guanidine groups is 1. The maximum absolute atomic E-state index is 11.5. The zero-order chi connectivity index (χ0) is 14.6. The molecule has 0 aromatic heterocycles. The van der Waals surface area contributed by atoms with Gasteiger partial charge in [-0.3, -0.25) is 4.99 Å². The van der Waals surface area contributed by atoms with E-state index in [9.17, 15) is 8.42 Å². The molecular weight excluding hydrogens is 401 g/mol. The molecule has 0 spiro atoms. The molecule has 21 heavy (non-hydrogen) atoms. The monoisotopic (exact) mass is 429 g/mol. The predicted molar refractivity (Wildman–Crippen MR) is 98.1 cm³/mol. The van der Waals surface area contributed by atoms with E-state index in [2.05, 4.69) is 22.5 Å². The summed E-state index contributed by atoms with van der Waals surface area (Å²) in [7, 11) is -1.10. The van der Waals surface area contributed by atoms with E-state index in [1.54, 1.807) is 7.05 Å². The number of aliphatic imine (C=N–C) groups is 1. The Hall–Kier alpha value is -0.0500. The SMILES string of the molecule is CN=C(NCC1CCCC(C)C1)NC1CCS(=O)(=O)C1.I. The van der Waals surface area contributed by atoms with Crippen molar-refractivity contribution in [3.05, 3.63) is 0 Å². The molecule has 1 saturated carbocycles. The lowest BCUT2D eigenvalue weighted by atomic mass is 9.82. The van der Waals surface area contributed by atoms with Crippen LogP contribution in [0.1, 0.15) is 39.0 Å². The molecule has 1 saturated heterocycles. The minimum atomic E-state index is -2.84. The number of sulfone groups is 1. The van der Waals surface area contributed by atoms with Crippen LogP contribution < -0.4 is 10.6 Å². The van der Waals surface area contributed by atoms with Crippen LogP contribution in [0.4, 0.5) is 0 Å². The molecule has 3 atom stereocenters. The van der Waals surface area contributed by atoms with Crippen LogP contribution in [-0.4, -0.2) is 45.5 Å². The summed E-state index contributed by atoms with van der Waals surface area (Å²) in [6, 6.07) is 0.0106. The molecule has 124 valence electrons. The standard InChI is InChI=1S/C14H27N3O2S.HI/c1-11-4-3-5-12(8-11)9-16-14(15-2)17-13-6-7-20(18,19)10-13;/h11-13H,3-10H2,1-2H3,(H2,15,16,17);1H. The van der Waals surface area contributed by atoms with Gasteiger partial charge in [-0.1, -0.05) is 19.8 Å². The zero-order valence-corrected chi connectivity index (χ0v) is 16.1. The van der Waals surface area contributed by atoms with E-state index in [0.717, 1.165) is 18.4 Å². The smallest absolute Gasteiger partial charge is 0.191 e. The maximum atomic E-state index is 11.5. The summed E-state index contributed by atoms with van der Waals surface area (Å²) in [5.41, 5.74) is 0. The molecule has 0 aromatic rings. The van der Waals surface area contributed by atoms with Gasteiger partial charge in [0.2, 0.25) is 0 Å². The number of hydrogen-bond acceptors (Lipinski definition) is 3. The van der Waals surface area contributed by atoms with E-state index < -0.39 is 9.84 Å². The van der Waals surface area contributed by atoms with E-state index in [-0.39, 0.29) is 35.8 Å². The van der Waals surface area contributed by atoms with Gasteiger partial charge in [0.05, 0.1) is 11.5 Å². The molecule has 1 aliphatic carbocycles. The van der Waals surface area contributed by atoms with Crippen LogP contribution in [0.5, 0.6) is 0 Å². The van der Waals surface area contributed by atoms with Crippen molar-refractivity contribution in [1.29, 1.82) is 0 Å². The van der Waals surface area contributed by atoms with Crippen LogP contribution in [0.15, 0.2) is 4.99 Å². The van der Waals surface area contributed by atoms with Gasteiger partial charge < -0.3 is 10.6 Å². The van der Waals surface area contributed by atoms with Crippen molar-refractivity contribution in [2.75, 3.05) is 25.1 Å². The maximum Gasteiger partial charge on any atom is 0.191 e. The highest BCUT2D eigenvalue weighted by molar-refractivity contribution is 14.0. The third-order valence-electron chi connectivity index (χ3n) is 4.40. The largest absolute Gasteiger partial charge is 0.356 e. The van der Waals surface area contributed by atoms with E-state index in [4.69, 9.17) is 0 Å². The van der Waals surface area contributed by atoms with Crippen LogP contribution in [0.2, 0.25) is 0 Å². The first-order valence-electron chi connectivity index (χ1n) is 7.66. The Balaban J connectivity index is 0.00000220. The summed E-state index contributed by atoms with van der Waals surface area (Å²) < 4.78 is 22.9. The van der Waals surface area contributed by atoms with E-state index in [0.29, 0.717) is 18.1 Å². The number of nitrogens with zero attached hydrogens (tertiary/aromatic N) is 1. The van der Waals surface area contributed by atoms with Gasteiger partial charge in [-0.25, -0.2) is 8.42 Å². The Kier molecular flexibility index (Phi) is 7.73. The summed E-state index contributed by atoms with van der Waals surface area (Å²) in [6.07, 6.45) is 5.92. The van der Waals surface area contributed by atoms with Gasteiger partial charge in [-0.05, 0) is 31.1 Å². The van der Waals surface area contributed by atoms with E-state index in [1.807, 2.05) is 0 Å². The molecule has 0 amide bonds. The molecular formula is C14H28IN3O2S. The molecule has 0 bridgehead atoms. The van der Waals surface area contributed by atoms with E-state index >= 15 is 0 Å². The third-order valence-corrected chi connectivity index (χ3v) is 6.17. The Bertz CT molecular complexity index is 453. The average molecular weight is 429 g/mol. The second-order valence-electron chi connectivity index (χ2n) is 6.34. The third kappa shape index (κ3) is 6.30. The fraction of sp³-hybridized carbons (Fsp3) is 0.929. The van der Waals surface area contributed by atoms with Crippen LogP contribution in [0, 0.1) is 11.8 Å². The van der Waals surface area contributed by atoms with Crippen LogP contribution in [0.3, 0.4) is 0 Å². The molecule has 1 heterocycles. The summed E-state index contributed by atoms with van der Waals surface area (Å²) in [5, 5.41) is 6.59. The fourth-order valence-corrected chi connectivity index (χ4v) is 4.96. The normalized spacial score (nSPS) is 32.3. The van der Waals surface area contributed by atoms with Gasteiger partial charge in [-0.15, -0.1) is 24.0 Å². The van der Waals surface area contributed by atoms with Crippen molar-refractivity contribution in [2.45, 2.75) is 45.1 Å². The average Bonchev–Trinajstić information content (AvgIpc) is 2.74. The van der Waals surface area contributed by atoms with Gasteiger partial charge in [0, 0.05) is 19.6 Å². The van der Waals surface area contributed by atoms with Crippen LogP contribution in [-0.2, 0) is 9.84 Å². The molecule has 2 rings (SSSR count). The molecule has 2 N–H and O–H groups in total. The highest BCUT2D eigenvalue weighted by Gasteiger charge is 2.28. The minimum absolute atomic E-state index is 0. The van der Waals surface area contributed by atoms with Crippen LogP contribution in [0.25, 0.3) is 0 Å². The summed E-state index contributed by atoms with van der Waals surface area (Å²) in [5.74, 6) is 2.80. The fourth-order valence-electron chi connectivity index (χ4n) is 3.28. The van der Waals surface area contributed by atoms with Gasteiger partial charge in [-0.2, -0.15) is 0 Å². The van der Waals surface area contributed by atoms with E-state index in [1.165, 1.54) is 25.7 Å². The second-order valence-corrected chi connectivity index (χ2v) is 8.56. The molecule has 5 nitrogen and oxygen atoms in total. The zero-order valence-electron chi connectivity index (χ0n) is 13.0. The predicted octanol–water partition coefficient (Wildman–Crippen LogP) is 1.78. The highest BCUT2D eigenvalue weighted by Crippen LogP contribution is 2.27. The molecule has 1 aliphatic heterocycles. The second kappa shape index (κ2) is 8.55.